The van der Waals surface area contributed by atoms with E-state index in [0.29, 0.717) is 24.2 Å². The average molecular weight is 479 g/mol. The van der Waals surface area contributed by atoms with Crippen LogP contribution in [0.2, 0.25) is 0 Å². The van der Waals surface area contributed by atoms with Gasteiger partial charge in [-0.3, -0.25) is 9.59 Å². The predicted molar refractivity (Wildman–Crippen MR) is 133 cm³/mol. The van der Waals surface area contributed by atoms with Gasteiger partial charge in [-0.25, -0.2) is 14.4 Å². The van der Waals surface area contributed by atoms with Gasteiger partial charge in [-0.1, -0.05) is 19.6 Å². The Morgan fingerprint density at radius 2 is 1.57 bits per heavy atom. The zero-order valence-electron chi connectivity index (χ0n) is 19.1. The third-order valence-corrected chi connectivity index (χ3v) is 5.92. The van der Waals surface area contributed by atoms with Crippen molar-refractivity contribution < 1.29 is 18.7 Å². The first-order valence-electron chi connectivity index (χ1n) is 11.2. The number of ether oxygens (including phenoxy) is 1. The Morgan fingerprint density at radius 3 is 2.11 bits per heavy atom. The van der Waals surface area contributed by atoms with Crippen molar-refractivity contribution in [3.05, 3.63) is 78.4 Å². The maximum atomic E-state index is 12.9. The minimum Gasteiger partial charge on any atom is -0.461 e. The van der Waals surface area contributed by atoms with E-state index in [0.717, 1.165) is 16.9 Å². The molecule has 1 aromatic heterocycles. The number of carbonyl (C=O) groups is 2. The van der Waals surface area contributed by atoms with Crippen LogP contribution in [0.3, 0.4) is 0 Å². The Labute approximate surface area is 205 Å². The van der Waals surface area contributed by atoms with E-state index < -0.39 is 11.8 Å². The van der Waals surface area contributed by atoms with Crippen molar-refractivity contribution in [2.45, 2.75) is 52.9 Å². The second-order valence-electron chi connectivity index (χ2n) is 8.63. The van der Waals surface area contributed by atoms with E-state index in [1.807, 2.05) is 43.3 Å². The van der Waals surface area contributed by atoms with Crippen LogP contribution < -0.4 is 15.4 Å². The van der Waals surface area contributed by atoms with Crippen LogP contribution in [0.1, 0.15) is 62.5 Å². The normalized spacial score (nSPS) is 15.2. The molecule has 2 unspecified atom stereocenters. The molecule has 1 aliphatic rings. The smallest absolute Gasteiger partial charge is 0.235 e. The summed E-state index contributed by atoms with van der Waals surface area (Å²) in [5.41, 5.74) is 2.47. The molecular formula is C27H31FN4O3. The average Bonchev–Trinajstić information content (AvgIpc) is 3.62. The molecule has 35 heavy (non-hydrogen) atoms. The molecule has 2 atom stereocenters. The van der Waals surface area contributed by atoms with Crippen molar-refractivity contribution in [3.63, 3.8) is 0 Å². The first-order valence-corrected chi connectivity index (χ1v) is 11.2. The number of halogens is 1. The lowest BCUT2D eigenvalue weighted by molar-refractivity contribution is -0.127. The summed E-state index contributed by atoms with van der Waals surface area (Å²) in [5, 5.41) is 6.34. The van der Waals surface area contributed by atoms with Crippen molar-refractivity contribution in [1.82, 2.24) is 15.3 Å². The van der Waals surface area contributed by atoms with Crippen LogP contribution in [0.25, 0.3) is 0 Å². The highest BCUT2D eigenvalue weighted by Gasteiger charge is 2.51. The van der Waals surface area contributed by atoms with E-state index in [-0.39, 0.29) is 31.6 Å². The fourth-order valence-corrected chi connectivity index (χ4v) is 3.75. The van der Waals surface area contributed by atoms with E-state index in [4.69, 9.17) is 4.74 Å². The van der Waals surface area contributed by atoms with E-state index in [2.05, 4.69) is 20.6 Å². The molecule has 7 nitrogen and oxygen atoms in total. The minimum atomic E-state index is -1.36. The van der Waals surface area contributed by atoms with Crippen LogP contribution >= 0.6 is 0 Å². The van der Waals surface area contributed by atoms with Crippen LogP contribution in [-0.2, 0) is 4.79 Å². The minimum absolute atomic E-state index is 0. The fraction of sp³-hybridized carbons (Fsp3) is 0.333. The first-order chi connectivity index (χ1) is 16.3. The summed E-state index contributed by atoms with van der Waals surface area (Å²) < 4.78 is 17.9. The number of ketones is 1. The summed E-state index contributed by atoms with van der Waals surface area (Å²) >= 11 is 0. The largest absolute Gasteiger partial charge is 0.461 e. The fourth-order valence-electron chi connectivity index (χ4n) is 3.75. The van der Waals surface area contributed by atoms with Crippen LogP contribution in [-0.4, -0.2) is 28.0 Å². The van der Waals surface area contributed by atoms with Crippen molar-refractivity contribution in [3.8, 4) is 5.75 Å². The highest BCUT2D eigenvalue weighted by Crippen LogP contribution is 2.50. The first kappa shape index (κ1) is 25.8. The van der Waals surface area contributed by atoms with Crippen molar-refractivity contribution in [1.29, 1.82) is 0 Å². The van der Waals surface area contributed by atoms with Crippen LogP contribution in [0, 0.1) is 5.41 Å². The molecular weight excluding hydrogens is 447 g/mol. The lowest BCUT2D eigenvalue weighted by Gasteiger charge is -2.20. The lowest BCUT2D eigenvalue weighted by Crippen LogP contribution is -2.35. The summed E-state index contributed by atoms with van der Waals surface area (Å²) in [6, 6.07) is 14.6. The SMILES string of the molecule is C.CC(F)Oc1ccc(Nc2ccc(C(C)NC(=O)C3(CC(=O)c4cncnc4)CC3)cc2)cc1. The standard InChI is InChI=1S/C26H27FN4O3.CH4/c1-17(30-25(33)26(11-12-26)13-24(32)20-14-28-16-29-15-20)19-3-5-21(6-4-19)31-22-7-9-23(10-8-22)34-18(2)27;/h3-10,14-18,31H,11-13H2,1-2H3,(H,30,33);1H4. The Morgan fingerprint density at radius 1 is 1.00 bits per heavy atom. The molecule has 0 bridgehead atoms. The number of rotatable bonds is 10. The van der Waals surface area contributed by atoms with Crippen LogP contribution in [0.5, 0.6) is 5.75 Å². The second-order valence-corrected chi connectivity index (χ2v) is 8.63. The van der Waals surface area contributed by atoms with Crippen LogP contribution in [0.15, 0.2) is 67.3 Å². The molecule has 0 saturated heterocycles. The van der Waals surface area contributed by atoms with Gasteiger partial charge in [-0.05, 0) is 61.7 Å². The number of anilines is 2. The molecule has 1 saturated carbocycles. The van der Waals surface area contributed by atoms with Crippen molar-refractivity contribution in [2.75, 3.05) is 5.32 Å². The number of hydrogen-bond acceptors (Lipinski definition) is 6. The summed E-state index contributed by atoms with van der Waals surface area (Å²) in [6.07, 6.45) is 4.53. The number of hydrogen-bond donors (Lipinski definition) is 2. The third kappa shape index (κ3) is 6.62. The molecule has 2 aromatic carbocycles. The Hall–Kier alpha value is -3.81. The number of alkyl halides is 1. The number of nitrogens with zero attached hydrogens (tertiary/aromatic N) is 2. The van der Waals surface area contributed by atoms with E-state index >= 15 is 0 Å². The van der Waals surface area contributed by atoms with Gasteiger partial charge in [0.1, 0.15) is 12.1 Å². The third-order valence-electron chi connectivity index (χ3n) is 5.92. The zero-order valence-corrected chi connectivity index (χ0v) is 19.1. The molecule has 0 aliphatic heterocycles. The van der Waals surface area contributed by atoms with Gasteiger partial charge in [-0.15, -0.1) is 0 Å². The van der Waals surface area contributed by atoms with Gasteiger partial charge in [0.25, 0.3) is 0 Å². The molecule has 3 aromatic rings. The Balaban J connectivity index is 0.00000342. The van der Waals surface area contributed by atoms with Gasteiger partial charge in [0.15, 0.2) is 5.78 Å². The molecule has 1 amide bonds. The maximum Gasteiger partial charge on any atom is 0.235 e. The molecule has 8 heteroatoms. The number of carbonyl (C=O) groups excluding carboxylic acids is 2. The Bertz CT molecular complexity index is 1130. The molecule has 1 fully saturated rings. The maximum absolute atomic E-state index is 12.9. The Kier molecular flexibility index (Phi) is 8.17. The summed E-state index contributed by atoms with van der Waals surface area (Å²) in [4.78, 5) is 33.2. The highest BCUT2D eigenvalue weighted by atomic mass is 19.1. The molecule has 0 radical (unpaired) electrons. The molecule has 2 N–H and O–H groups in total. The summed E-state index contributed by atoms with van der Waals surface area (Å²) in [7, 11) is 0. The predicted octanol–water partition coefficient (Wildman–Crippen LogP) is 5.78. The number of amides is 1. The number of benzene rings is 2. The van der Waals surface area contributed by atoms with E-state index in [1.54, 1.807) is 12.1 Å². The van der Waals surface area contributed by atoms with Crippen molar-refractivity contribution >= 4 is 23.1 Å². The van der Waals surface area contributed by atoms with Gasteiger partial charge in [0.05, 0.1) is 17.0 Å². The summed E-state index contributed by atoms with van der Waals surface area (Å²) in [6.45, 7) is 3.26. The van der Waals surface area contributed by atoms with Crippen LogP contribution in [0.4, 0.5) is 15.8 Å². The van der Waals surface area contributed by atoms with E-state index in [1.165, 1.54) is 25.6 Å². The van der Waals surface area contributed by atoms with Gasteiger partial charge >= 0.3 is 0 Å². The van der Waals surface area contributed by atoms with Gasteiger partial charge < -0.3 is 15.4 Å². The topological polar surface area (TPSA) is 93.2 Å². The molecule has 4 rings (SSSR count). The van der Waals surface area contributed by atoms with Gasteiger partial charge in [0, 0.05) is 37.1 Å². The lowest BCUT2D eigenvalue weighted by atomic mass is 9.95. The molecule has 1 aliphatic carbocycles. The monoisotopic (exact) mass is 478 g/mol. The van der Waals surface area contributed by atoms with E-state index in [9.17, 15) is 14.0 Å². The molecule has 0 spiro atoms. The quantitative estimate of drug-likeness (QED) is 0.359. The molecule has 1 heterocycles. The second kappa shape index (κ2) is 11.1. The number of Topliss-reactive ketones (excluding diaryl/α,β-unsaturated/α-hetero) is 1. The van der Waals surface area contributed by atoms with Gasteiger partial charge in [0.2, 0.25) is 12.3 Å². The van der Waals surface area contributed by atoms with Crippen molar-refractivity contribution in [2.24, 2.45) is 5.41 Å². The number of aromatic nitrogens is 2. The molecule has 184 valence electrons. The van der Waals surface area contributed by atoms with Gasteiger partial charge in [-0.2, -0.15) is 0 Å². The number of nitrogens with one attached hydrogen (secondary N) is 2. The summed E-state index contributed by atoms with van der Waals surface area (Å²) in [5.74, 6) is 0.250. The zero-order chi connectivity index (χ0) is 24.1. The highest BCUT2D eigenvalue weighted by molar-refractivity contribution is 6.00.